The topological polar surface area (TPSA) is 29.1 Å². The van der Waals surface area contributed by atoms with Crippen LogP contribution < -0.4 is 5.32 Å². The fourth-order valence-electron chi connectivity index (χ4n) is 2.20. The molecule has 3 heteroatoms. The Morgan fingerprint density at radius 2 is 1.94 bits per heavy atom. The Hall–Kier alpha value is -0.240. The van der Waals surface area contributed by atoms with Crippen LogP contribution in [0.1, 0.15) is 47.0 Å². The number of carbonyl (C=O) groups excluding carboxylic acids is 1. The molecule has 1 aliphatic carbocycles. The molecule has 1 aliphatic rings. The Balaban J connectivity index is 2.27. The van der Waals surface area contributed by atoms with Crippen LogP contribution in [0, 0.1) is 17.3 Å². The highest BCUT2D eigenvalue weighted by atomic mass is 35.5. The van der Waals surface area contributed by atoms with Crippen LogP contribution in [0.3, 0.4) is 0 Å². The number of amides is 1. The van der Waals surface area contributed by atoms with Crippen LogP contribution >= 0.6 is 11.6 Å². The van der Waals surface area contributed by atoms with E-state index in [1.165, 1.54) is 0 Å². The van der Waals surface area contributed by atoms with Crippen molar-refractivity contribution in [1.82, 2.24) is 5.32 Å². The quantitative estimate of drug-likeness (QED) is 0.716. The second-order valence-corrected chi connectivity index (χ2v) is 6.14. The Kier molecular flexibility index (Phi) is 4.66. The monoisotopic (exact) mass is 245 g/mol. The van der Waals surface area contributed by atoms with Gasteiger partial charge in [-0.1, -0.05) is 40.5 Å². The highest BCUT2D eigenvalue weighted by molar-refractivity contribution is 6.21. The molecule has 0 spiro atoms. The smallest absolute Gasteiger partial charge is 0.223 e. The summed E-state index contributed by atoms with van der Waals surface area (Å²) in [5, 5.41) is 3.05. The molecule has 0 aromatic carbocycles. The Morgan fingerprint density at radius 3 is 2.31 bits per heavy atom. The summed E-state index contributed by atoms with van der Waals surface area (Å²) in [6, 6.07) is 0. The third-order valence-corrected chi connectivity index (χ3v) is 4.37. The van der Waals surface area contributed by atoms with Crippen LogP contribution in [0.25, 0.3) is 0 Å². The van der Waals surface area contributed by atoms with Gasteiger partial charge < -0.3 is 5.32 Å². The first-order chi connectivity index (χ1) is 7.42. The number of hydrogen-bond donors (Lipinski definition) is 1. The zero-order valence-electron chi connectivity index (χ0n) is 10.8. The maximum atomic E-state index is 11.8. The molecule has 0 aromatic rings. The van der Waals surface area contributed by atoms with Gasteiger partial charge in [0.1, 0.15) is 0 Å². The molecule has 94 valence electrons. The van der Waals surface area contributed by atoms with Crippen molar-refractivity contribution in [1.29, 1.82) is 0 Å². The minimum absolute atomic E-state index is 0.0702. The number of carbonyl (C=O) groups is 1. The van der Waals surface area contributed by atoms with E-state index in [-0.39, 0.29) is 22.6 Å². The summed E-state index contributed by atoms with van der Waals surface area (Å²) in [7, 11) is 0. The van der Waals surface area contributed by atoms with Gasteiger partial charge in [0.2, 0.25) is 5.91 Å². The van der Waals surface area contributed by atoms with Crippen LogP contribution in [0.4, 0.5) is 0 Å². The van der Waals surface area contributed by atoms with E-state index in [9.17, 15) is 4.79 Å². The van der Waals surface area contributed by atoms with Crippen LogP contribution in [0.15, 0.2) is 0 Å². The molecule has 0 radical (unpaired) electrons. The van der Waals surface area contributed by atoms with E-state index in [2.05, 4.69) is 33.0 Å². The van der Waals surface area contributed by atoms with Gasteiger partial charge in [-0.3, -0.25) is 4.79 Å². The lowest BCUT2D eigenvalue weighted by atomic mass is 9.99. The van der Waals surface area contributed by atoms with Crippen molar-refractivity contribution in [2.24, 2.45) is 17.3 Å². The zero-order chi connectivity index (χ0) is 12.3. The summed E-state index contributed by atoms with van der Waals surface area (Å²) in [6.45, 7) is 9.18. The van der Waals surface area contributed by atoms with E-state index in [4.69, 9.17) is 11.6 Å². The lowest BCUT2D eigenvalue weighted by molar-refractivity contribution is -0.123. The summed E-state index contributed by atoms with van der Waals surface area (Å²) in [4.78, 5) is 11.8. The van der Waals surface area contributed by atoms with Gasteiger partial charge in [-0.05, 0) is 17.8 Å². The molecular weight excluding hydrogens is 222 g/mol. The van der Waals surface area contributed by atoms with Gasteiger partial charge in [0, 0.05) is 12.5 Å². The first kappa shape index (κ1) is 13.8. The molecule has 0 aliphatic heterocycles. The Morgan fingerprint density at radius 1 is 1.44 bits per heavy atom. The second kappa shape index (κ2) is 5.39. The van der Waals surface area contributed by atoms with Crippen LogP contribution in [0.5, 0.6) is 0 Å². The van der Waals surface area contributed by atoms with Crippen molar-refractivity contribution in [3.8, 4) is 0 Å². The van der Waals surface area contributed by atoms with Crippen molar-refractivity contribution in [3.05, 3.63) is 0 Å². The molecule has 1 saturated carbocycles. The lowest BCUT2D eigenvalue weighted by Gasteiger charge is -2.19. The summed E-state index contributed by atoms with van der Waals surface area (Å²) < 4.78 is 0. The summed E-state index contributed by atoms with van der Waals surface area (Å²) in [5.41, 5.74) is 0.209. The minimum atomic E-state index is 0.0702. The number of halogens is 1. The molecule has 2 unspecified atom stereocenters. The second-order valence-electron chi connectivity index (χ2n) is 5.58. The highest BCUT2D eigenvalue weighted by Crippen LogP contribution is 2.51. The molecule has 0 aromatic heterocycles. The number of rotatable bonds is 6. The first-order valence-electron chi connectivity index (χ1n) is 6.34. The molecule has 16 heavy (non-hydrogen) atoms. The van der Waals surface area contributed by atoms with Gasteiger partial charge in [0.25, 0.3) is 0 Å². The third-order valence-electron chi connectivity index (χ3n) is 3.86. The van der Waals surface area contributed by atoms with Gasteiger partial charge in [-0.2, -0.15) is 0 Å². The Labute approximate surface area is 104 Å². The SMILES string of the molecule is CCC(CC)C(Cl)CNC(=O)C1CC1(C)C. The minimum Gasteiger partial charge on any atom is -0.354 e. The van der Waals surface area contributed by atoms with Crippen LogP contribution in [0.2, 0.25) is 0 Å². The van der Waals surface area contributed by atoms with E-state index in [1.54, 1.807) is 0 Å². The van der Waals surface area contributed by atoms with Crippen LogP contribution in [-0.4, -0.2) is 17.8 Å². The maximum Gasteiger partial charge on any atom is 0.223 e. The highest BCUT2D eigenvalue weighted by Gasteiger charge is 2.50. The van der Waals surface area contributed by atoms with Crippen molar-refractivity contribution >= 4 is 17.5 Å². The maximum absolute atomic E-state index is 11.8. The number of alkyl halides is 1. The van der Waals surface area contributed by atoms with Gasteiger partial charge in [0.15, 0.2) is 0 Å². The third kappa shape index (κ3) is 3.38. The van der Waals surface area contributed by atoms with Gasteiger partial charge in [-0.25, -0.2) is 0 Å². The van der Waals surface area contributed by atoms with E-state index in [1.807, 2.05) is 0 Å². The first-order valence-corrected chi connectivity index (χ1v) is 6.77. The standard InChI is InChI=1S/C13H24ClNO/c1-5-9(6-2)11(14)8-15-12(16)10-7-13(10,3)4/h9-11H,5-8H2,1-4H3,(H,15,16). The molecule has 0 bridgehead atoms. The van der Waals surface area contributed by atoms with E-state index >= 15 is 0 Å². The molecule has 0 saturated heterocycles. The van der Waals surface area contributed by atoms with Gasteiger partial charge >= 0.3 is 0 Å². The van der Waals surface area contributed by atoms with E-state index < -0.39 is 0 Å². The van der Waals surface area contributed by atoms with E-state index in [0.717, 1.165) is 19.3 Å². The molecule has 2 nitrogen and oxygen atoms in total. The molecule has 0 heterocycles. The van der Waals surface area contributed by atoms with Crippen LogP contribution in [-0.2, 0) is 4.79 Å². The molecule has 1 amide bonds. The number of nitrogens with one attached hydrogen (secondary N) is 1. The fraction of sp³-hybridized carbons (Fsp3) is 0.923. The molecule has 2 atom stereocenters. The predicted octanol–water partition coefficient (Wildman–Crippen LogP) is 3.19. The average molecular weight is 246 g/mol. The molecular formula is C13H24ClNO. The Bertz CT molecular complexity index is 248. The van der Waals surface area contributed by atoms with Crippen molar-refractivity contribution < 1.29 is 4.79 Å². The molecule has 1 N–H and O–H groups in total. The number of hydrogen-bond acceptors (Lipinski definition) is 1. The zero-order valence-corrected chi connectivity index (χ0v) is 11.6. The average Bonchev–Trinajstić information content (AvgIpc) is 2.86. The van der Waals surface area contributed by atoms with Crippen molar-refractivity contribution in [3.63, 3.8) is 0 Å². The summed E-state index contributed by atoms with van der Waals surface area (Å²) in [5.74, 6) is 0.897. The fourth-order valence-corrected chi connectivity index (χ4v) is 2.64. The molecule has 1 fully saturated rings. The van der Waals surface area contributed by atoms with Gasteiger partial charge in [0.05, 0.1) is 5.38 Å². The largest absolute Gasteiger partial charge is 0.354 e. The predicted molar refractivity (Wildman–Crippen MR) is 68.6 cm³/mol. The van der Waals surface area contributed by atoms with Gasteiger partial charge in [-0.15, -0.1) is 11.6 Å². The normalized spacial score (nSPS) is 24.2. The summed E-state index contributed by atoms with van der Waals surface area (Å²) >= 11 is 6.27. The van der Waals surface area contributed by atoms with Crippen molar-refractivity contribution in [2.45, 2.75) is 52.3 Å². The molecule has 1 rings (SSSR count). The van der Waals surface area contributed by atoms with E-state index in [0.29, 0.717) is 12.5 Å². The lowest BCUT2D eigenvalue weighted by Crippen LogP contribution is -2.34. The summed E-state index contributed by atoms with van der Waals surface area (Å²) in [6.07, 6.45) is 3.17. The van der Waals surface area contributed by atoms with Crippen molar-refractivity contribution in [2.75, 3.05) is 6.54 Å².